The summed E-state index contributed by atoms with van der Waals surface area (Å²) in [6.07, 6.45) is 6.99. The first kappa shape index (κ1) is 18.7. The van der Waals surface area contributed by atoms with E-state index in [4.69, 9.17) is 0 Å². The fourth-order valence-corrected chi connectivity index (χ4v) is 4.85. The van der Waals surface area contributed by atoms with Crippen LogP contribution < -0.4 is 21.7 Å². The first-order valence-electron chi connectivity index (χ1n) is 10.2. The molecule has 7 nitrogen and oxygen atoms in total. The van der Waals surface area contributed by atoms with Gasteiger partial charge in [0.15, 0.2) is 0 Å². The highest BCUT2D eigenvalue weighted by Crippen LogP contribution is 2.31. The molecule has 5 atom stereocenters. The average molecular weight is 374 g/mol. The topological polar surface area (TPSA) is 88.7 Å². The van der Waals surface area contributed by atoms with Gasteiger partial charge in [-0.3, -0.25) is 15.6 Å². The van der Waals surface area contributed by atoms with Gasteiger partial charge in [0.25, 0.3) is 0 Å². The maximum atomic E-state index is 12.9. The molecular formula is C20H31N5O2. The average Bonchev–Trinajstić information content (AvgIpc) is 3.23. The Kier molecular flexibility index (Phi) is 5.63. The van der Waals surface area contributed by atoms with Crippen molar-refractivity contribution >= 4 is 5.91 Å². The van der Waals surface area contributed by atoms with E-state index in [1.54, 1.807) is 12.1 Å². The largest absolute Gasteiger partial charge is 0.508 e. The van der Waals surface area contributed by atoms with E-state index in [0.29, 0.717) is 31.0 Å². The van der Waals surface area contributed by atoms with Crippen LogP contribution in [0.2, 0.25) is 0 Å². The van der Waals surface area contributed by atoms with Crippen molar-refractivity contribution in [2.24, 2.45) is 5.92 Å². The molecule has 1 aromatic carbocycles. The van der Waals surface area contributed by atoms with E-state index in [1.807, 2.05) is 24.1 Å². The molecule has 27 heavy (non-hydrogen) atoms. The molecule has 148 valence electrons. The van der Waals surface area contributed by atoms with Gasteiger partial charge in [0.1, 0.15) is 11.8 Å². The second-order valence-electron chi connectivity index (χ2n) is 8.21. The number of phenols is 1. The first-order chi connectivity index (χ1) is 13.1. The molecule has 3 fully saturated rings. The minimum absolute atomic E-state index is 0.0638. The number of para-hydroxylation sites is 1. The molecule has 2 heterocycles. The Morgan fingerprint density at radius 3 is 2.78 bits per heavy atom. The van der Waals surface area contributed by atoms with Gasteiger partial charge in [-0.15, -0.1) is 0 Å². The number of rotatable bonds is 4. The van der Waals surface area contributed by atoms with Gasteiger partial charge in [0.05, 0.1) is 6.04 Å². The van der Waals surface area contributed by atoms with E-state index in [-0.39, 0.29) is 23.7 Å². The highest BCUT2D eigenvalue weighted by atomic mass is 16.3. The Labute approximate surface area is 160 Å². The molecule has 2 saturated heterocycles. The first-order valence-corrected chi connectivity index (χ1v) is 10.2. The number of nitrogens with zero attached hydrogens (tertiary/aromatic N) is 1. The molecule has 0 radical (unpaired) electrons. The van der Waals surface area contributed by atoms with Gasteiger partial charge in [-0.25, -0.2) is 10.9 Å². The zero-order valence-electron chi connectivity index (χ0n) is 15.9. The van der Waals surface area contributed by atoms with Crippen molar-refractivity contribution in [3.8, 4) is 5.75 Å². The second kappa shape index (κ2) is 8.14. The summed E-state index contributed by atoms with van der Waals surface area (Å²) in [5.74, 6) is 0.963. The fourth-order valence-electron chi connectivity index (χ4n) is 4.85. The van der Waals surface area contributed by atoms with Crippen LogP contribution in [0, 0.1) is 5.92 Å². The predicted octanol–water partition coefficient (Wildman–Crippen LogP) is 1.18. The number of phenolic OH excluding ortho intramolecular Hbond substituents is 1. The number of hydrogen-bond donors (Lipinski definition) is 5. The van der Waals surface area contributed by atoms with Crippen LogP contribution in [0.1, 0.15) is 50.1 Å². The number of hydrazine groups is 2. The maximum Gasteiger partial charge on any atom is 0.240 e. The Hall–Kier alpha value is -1.67. The van der Waals surface area contributed by atoms with Crippen LogP contribution in [0.5, 0.6) is 5.75 Å². The predicted molar refractivity (Wildman–Crippen MR) is 104 cm³/mol. The zero-order chi connectivity index (χ0) is 18.8. The Bertz CT molecular complexity index is 670. The molecule has 0 bridgehead atoms. The van der Waals surface area contributed by atoms with E-state index in [0.717, 1.165) is 5.56 Å². The molecule has 2 aliphatic heterocycles. The lowest BCUT2D eigenvalue weighted by Gasteiger charge is -2.27. The zero-order valence-corrected chi connectivity index (χ0v) is 15.9. The normalized spacial score (nSPS) is 33.4. The van der Waals surface area contributed by atoms with Gasteiger partial charge >= 0.3 is 0 Å². The third-order valence-electron chi connectivity index (χ3n) is 6.40. The molecule has 5 N–H and O–H groups in total. The van der Waals surface area contributed by atoms with Crippen LogP contribution in [0.15, 0.2) is 24.3 Å². The number of amides is 1. The number of likely N-dealkylation sites (N-methyl/N-ethyl adjacent to an activating group) is 1. The summed E-state index contributed by atoms with van der Waals surface area (Å²) in [4.78, 5) is 14.8. The monoisotopic (exact) mass is 373 g/mol. The molecular weight excluding hydrogens is 342 g/mol. The van der Waals surface area contributed by atoms with Crippen molar-refractivity contribution in [1.29, 1.82) is 0 Å². The summed E-state index contributed by atoms with van der Waals surface area (Å²) >= 11 is 0. The number of carbonyl (C=O) groups excluding carboxylic acids is 1. The Morgan fingerprint density at radius 2 is 1.93 bits per heavy atom. The highest BCUT2D eigenvalue weighted by Gasteiger charge is 2.39. The summed E-state index contributed by atoms with van der Waals surface area (Å²) in [7, 11) is 1.89. The molecule has 1 amide bonds. The molecule has 5 unspecified atom stereocenters. The van der Waals surface area contributed by atoms with Crippen molar-refractivity contribution in [2.75, 3.05) is 13.6 Å². The Balaban J connectivity index is 1.34. The smallest absolute Gasteiger partial charge is 0.240 e. The number of nitrogens with one attached hydrogen (secondary N) is 4. The van der Waals surface area contributed by atoms with Crippen LogP contribution in [-0.2, 0) is 4.79 Å². The maximum absolute atomic E-state index is 12.9. The molecule has 1 aliphatic carbocycles. The number of aromatic hydroxyl groups is 1. The van der Waals surface area contributed by atoms with Crippen LogP contribution in [0.3, 0.4) is 0 Å². The van der Waals surface area contributed by atoms with Crippen molar-refractivity contribution in [1.82, 2.24) is 26.6 Å². The summed E-state index contributed by atoms with van der Waals surface area (Å²) in [6.45, 7) is 0.715. The van der Waals surface area contributed by atoms with E-state index in [9.17, 15) is 9.90 Å². The highest BCUT2D eigenvalue weighted by molar-refractivity contribution is 5.82. The fraction of sp³-hybridized carbons (Fsp3) is 0.650. The SMILES string of the molecule is CN(CC1NNC2CCCCCC21)C(=O)C1CC(c2ccccc2O)NN1. The van der Waals surface area contributed by atoms with Crippen molar-refractivity contribution < 1.29 is 9.90 Å². The van der Waals surface area contributed by atoms with Gasteiger partial charge in [-0.05, 0) is 31.2 Å². The minimum atomic E-state index is -0.279. The molecule has 4 rings (SSSR count). The molecule has 7 heteroatoms. The lowest BCUT2D eigenvalue weighted by atomic mass is 9.90. The van der Waals surface area contributed by atoms with Crippen LogP contribution in [0.25, 0.3) is 0 Å². The van der Waals surface area contributed by atoms with Crippen LogP contribution in [-0.4, -0.2) is 47.6 Å². The molecule has 0 spiro atoms. The quantitative estimate of drug-likeness (QED) is 0.545. The molecule has 1 aromatic rings. The third kappa shape index (κ3) is 3.96. The van der Waals surface area contributed by atoms with Gasteiger partial charge in [0, 0.05) is 31.2 Å². The van der Waals surface area contributed by atoms with E-state index < -0.39 is 0 Å². The van der Waals surface area contributed by atoms with Gasteiger partial charge < -0.3 is 10.0 Å². The second-order valence-corrected chi connectivity index (χ2v) is 8.21. The van der Waals surface area contributed by atoms with E-state index >= 15 is 0 Å². The van der Waals surface area contributed by atoms with Gasteiger partial charge in [-0.2, -0.15) is 0 Å². The standard InChI is InChI=1S/C20H31N5O2/c1-25(12-18-13-7-3-2-4-9-15(13)21-24-18)20(27)17-11-16(22-23-17)14-8-5-6-10-19(14)26/h5-6,8,10,13,15-18,21-24,26H,2-4,7,9,11-12H2,1H3. The van der Waals surface area contributed by atoms with E-state index in [2.05, 4.69) is 21.7 Å². The van der Waals surface area contributed by atoms with Gasteiger partial charge in [-0.1, -0.05) is 37.5 Å². The summed E-state index contributed by atoms with van der Waals surface area (Å²) in [6, 6.07) is 7.79. The van der Waals surface area contributed by atoms with Crippen molar-refractivity contribution in [3.05, 3.63) is 29.8 Å². The van der Waals surface area contributed by atoms with Gasteiger partial charge in [0.2, 0.25) is 5.91 Å². The number of carbonyl (C=O) groups is 1. The summed E-state index contributed by atoms with van der Waals surface area (Å²) in [5.41, 5.74) is 14.0. The number of hydrogen-bond acceptors (Lipinski definition) is 6. The lowest BCUT2D eigenvalue weighted by molar-refractivity contribution is -0.132. The number of fused-ring (bicyclic) bond motifs is 1. The molecule has 3 aliphatic rings. The number of benzene rings is 1. The van der Waals surface area contributed by atoms with Crippen LogP contribution >= 0.6 is 0 Å². The van der Waals surface area contributed by atoms with Crippen LogP contribution in [0.4, 0.5) is 0 Å². The summed E-state index contributed by atoms with van der Waals surface area (Å²) < 4.78 is 0. The molecule has 0 aromatic heterocycles. The summed E-state index contributed by atoms with van der Waals surface area (Å²) in [5, 5.41) is 10.0. The lowest BCUT2D eigenvalue weighted by Crippen LogP contribution is -2.49. The Morgan fingerprint density at radius 1 is 1.11 bits per heavy atom. The third-order valence-corrected chi connectivity index (χ3v) is 6.40. The molecule has 1 saturated carbocycles. The minimum Gasteiger partial charge on any atom is -0.508 e. The van der Waals surface area contributed by atoms with Crippen molar-refractivity contribution in [3.63, 3.8) is 0 Å². The van der Waals surface area contributed by atoms with Crippen molar-refractivity contribution in [2.45, 2.75) is 62.7 Å². The van der Waals surface area contributed by atoms with E-state index in [1.165, 1.54) is 32.1 Å².